The van der Waals surface area contributed by atoms with Crippen molar-refractivity contribution in [1.82, 2.24) is 9.88 Å². The van der Waals surface area contributed by atoms with Crippen molar-refractivity contribution in [3.05, 3.63) is 23.6 Å². The molecule has 1 aromatic heterocycles. The number of nitrogens with zero attached hydrogens (tertiary/aromatic N) is 2. The number of carbonyl (C=O) groups excluding carboxylic acids is 1. The third-order valence-electron chi connectivity index (χ3n) is 3.72. The summed E-state index contributed by atoms with van der Waals surface area (Å²) in [6.45, 7) is 0.703. The molecular formula is C14H20FN3O. The normalized spacial score (nSPS) is 16.3. The lowest BCUT2D eigenvalue weighted by atomic mass is 9.89. The van der Waals surface area contributed by atoms with Gasteiger partial charge in [0.05, 0.1) is 11.8 Å². The van der Waals surface area contributed by atoms with Crippen molar-refractivity contribution in [3.63, 3.8) is 0 Å². The highest BCUT2D eigenvalue weighted by Gasteiger charge is 2.21. The Hall–Kier alpha value is -1.65. The highest BCUT2D eigenvalue weighted by Crippen LogP contribution is 2.24. The molecule has 2 N–H and O–H groups in total. The van der Waals surface area contributed by atoms with E-state index in [0.717, 1.165) is 25.1 Å². The summed E-state index contributed by atoms with van der Waals surface area (Å²) in [5.74, 6) is -0.161. The van der Waals surface area contributed by atoms with Crippen molar-refractivity contribution in [1.29, 1.82) is 0 Å². The Morgan fingerprint density at radius 3 is 2.84 bits per heavy atom. The molecule has 0 bridgehead atoms. The van der Waals surface area contributed by atoms with E-state index in [1.807, 2.05) is 0 Å². The Morgan fingerprint density at radius 1 is 1.47 bits per heavy atom. The molecule has 104 valence electrons. The molecule has 1 saturated carbocycles. The third kappa shape index (κ3) is 3.43. The largest absolute Gasteiger partial charge is 0.383 e. The summed E-state index contributed by atoms with van der Waals surface area (Å²) in [7, 11) is 1.74. The first kappa shape index (κ1) is 13.8. The van der Waals surface area contributed by atoms with Gasteiger partial charge in [-0.1, -0.05) is 19.3 Å². The highest BCUT2D eigenvalue weighted by molar-refractivity contribution is 5.98. The third-order valence-corrected chi connectivity index (χ3v) is 3.72. The van der Waals surface area contributed by atoms with Crippen LogP contribution in [0.25, 0.3) is 0 Å². The molecule has 1 aromatic rings. The van der Waals surface area contributed by atoms with Gasteiger partial charge in [0.25, 0.3) is 5.91 Å². The standard InChI is InChI=1S/C14H20FN3O/c1-18(9-10-5-3-2-4-6-10)14(19)12-7-11(15)8-17-13(12)16/h7-8,10H,2-6,9H2,1H3,(H2,16,17). The summed E-state index contributed by atoms with van der Waals surface area (Å²) in [5.41, 5.74) is 5.79. The molecule has 0 aromatic carbocycles. The van der Waals surface area contributed by atoms with Crippen LogP contribution in [0.15, 0.2) is 12.3 Å². The van der Waals surface area contributed by atoms with E-state index in [2.05, 4.69) is 4.98 Å². The van der Waals surface area contributed by atoms with Gasteiger partial charge in [0.1, 0.15) is 11.6 Å². The molecule has 0 unspecified atom stereocenters. The van der Waals surface area contributed by atoms with Crippen molar-refractivity contribution in [2.75, 3.05) is 19.3 Å². The minimum absolute atomic E-state index is 0.0851. The van der Waals surface area contributed by atoms with Gasteiger partial charge in [0.2, 0.25) is 0 Å². The number of amides is 1. The SMILES string of the molecule is CN(CC1CCCCC1)C(=O)c1cc(F)cnc1N. The van der Waals surface area contributed by atoms with Crippen LogP contribution < -0.4 is 5.73 Å². The van der Waals surface area contributed by atoms with Crippen molar-refractivity contribution in [2.24, 2.45) is 5.92 Å². The fourth-order valence-corrected chi connectivity index (χ4v) is 2.67. The number of nitrogens with two attached hydrogens (primary N) is 1. The molecule has 19 heavy (non-hydrogen) atoms. The van der Waals surface area contributed by atoms with E-state index >= 15 is 0 Å². The number of rotatable bonds is 3. The highest BCUT2D eigenvalue weighted by atomic mass is 19.1. The van der Waals surface area contributed by atoms with E-state index in [-0.39, 0.29) is 17.3 Å². The van der Waals surface area contributed by atoms with Crippen LogP contribution >= 0.6 is 0 Å². The van der Waals surface area contributed by atoms with E-state index in [4.69, 9.17) is 5.73 Å². The molecule has 0 atom stereocenters. The van der Waals surface area contributed by atoms with Crippen LogP contribution in [0.1, 0.15) is 42.5 Å². The van der Waals surface area contributed by atoms with Gasteiger partial charge in [0, 0.05) is 13.6 Å². The zero-order valence-electron chi connectivity index (χ0n) is 11.2. The molecule has 0 aliphatic heterocycles. The lowest BCUT2D eigenvalue weighted by Gasteiger charge is -2.27. The summed E-state index contributed by atoms with van der Waals surface area (Å²) < 4.78 is 13.1. The maximum atomic E-state index is 13.1. The number of carbonyl (C=O) groups is 1. The predicted molar refractivity (Wildman–Crippen MR) is 72.1 cm³/mol. The monoisotopic (exact) mass is 265 g/mol. The summed E-state index contributed by atoms with van der Waals surface area (Å²) in [6.07, 6.45) is 7.10. The van der Waals surface area contributed by atoms with E-state index in [1.165, 1.54) is 19.3 Å². The zero-order valence-corrected chi connectivity index (χ0v) is 11.2. The molecule has 5 heteroatoms. The molecule has 1 fully saturated rings. The Balaban J connectivity index is 2.03. The summed E-state index contributed by atoms with van der Waals surface area (Å²) >= 11 is 0. The van der Waals surface area contributed by atoms with Gasteiger partial charge in [-0.05, 0) is 24.8 Å². The Morgan fingerprint density at radius 2 is 2.16 bits per heavy atom. The first-order valence-corrected chi connectivity index (χ1v) is 6.74. The Labute approximate surface area is 112 Å². The number of halogens is 1. The molecule has 1 aliphatic rings. The zero-order chi connectivity index (χ0) is 13.8. The van der Waals surface area contributed by atoms with E-state index in [0.29, 0.717) is 12.5 Å². The smallest absolute Gasteiger partial charge is 0.257 e. The number of anilines is 1. The van der Waals surface area contributed by atoms with Crippen LogP contribution in [0.5, 0.6) is 0 Å². The van der Waals surface area contributed by atoms with Crippen LogP contribution in [0.2, 0.25) is 0 Å². The second kappa shape index (κ2) is 5.99. The van der Waals surface area contributed by atoms with Gasteiger partial charge < -0.3 is 10.6 Å². The van der Waals surface area contributed by atoms with Crippen molar-refractivity contribution in [3.8, 4) is 0 Å². The predicted octanol–water partition coefficient (Wildman–Crippen LogP) is 2.46. The number of aromatic nitrogens is 1. The molecule has 1 aliphatic carbocycles. The first-order chi connectivity index (χ1) is 9.08. The van der Waals surface area contributed by atoms with E-state index < -0.39 is 5.82 Å². The van der Waals surface area contributed by atoms with Crippen LogP contribution in [0.4, 0.5) is 10.2 Å². The second-order valence-corrected chi connectivity index (χ2v) is 5.28. The average Bonchev–Trinajstić information content (AvgIpc) is 2.42. The van der Waals surface area contributed by atoms with Crippen LogP contribution in [-0.2, 0) is 0 Å². The Kier molecular flexibility index (Phi) is 4.35. The number of nitrogen functional groups attached to an aromatic ring is 1. The molecule has 2 rings (SSSR count). The number of hydrogen-bond donors (Lipinski definition) is 1. The van der Waals surface area contributed by atoms with Crippen LogP contribution in [-0.4, -0.2) is 29.4 Å². The summed E-state index contributed by atoms with van der Waals surface area (Å²) in [4.78, 5) is 17.5. The van der Waals surface area contributed by atoms with Gasteiger partial charge in [-0.3, -0.25) is 4.79 Å². The fraction of sp³-hybridized carbons (Fsp3) is 0.571. The Bertz CT molecular complexity index is 458. The topological polar surface area (TPSA) is 59.2 Å². The minimum Gasteiger partial charge on any atom is -0.383 e. The minimum atomic E-state index is -0.538. The molecule has 0 saturated heterocycles. The maximum absolute atomic E-state index is 13.1. The summed E-state index contributed by atoms with van der Waals surface area (Å²) in [6, 6.07) is 1.15. The van der Waals surface area contributed by atoms with E-state index in [1.54, 1.807) is 11.9 Å². The van der Waals surface area contributed by atoms with Crippen molar-refractivity contribution < 1.29 is 9.18 Å². The average molecular weight is 265 g/mol. The lowest BCUT2D eigenvalue weighted by Crippen LogP contribution is -2.33. The maximum Gasteiger partial charge on any atom is 0.257 e. The van der Waals surface area contributed by atoms with Crippen molar-refractivity contribution in [2.45, 2.75) is 32.1 Å². The van der Waals surface area contributed by atoms with Gasteiger partial charge in [0.15, 0.2) is 0 Å². The molecule has 1 heterocycles. The molecule has 0 radical (unpaired) electrons. The van der Waals surface area contributed by atoms with Crippen molar-refractivity contribution >= 4 is 11.7 Å². The van der Waals surface area contributed by atoms with Gasteiger partial charge >= 0.3 is 0 Å². The van der Waals surface area contributed by atoms with Crippen LogP contribution in [0.3, 0.4) is 0 Å². The van der Waals surface area contributed by atoms with Gasteiger partial charge in [-0.15, -0.1) is 0 Å². The molecular weight excluding hydrogens is 245 g/mol. The second-order valence-electron chi connectivity index (χ2n) is 5.28. The summed E-state index contributed by atoms with van der Waals surface area (Å²) in [5, 5.41) is 0. The van der Waals surface area contributed by atoms with Gasteiger partial charge in [-0.25, -0.2) is 9.37 Å². The number of pyridine rings is 1. The molecule has 4 nitrogen and oxygen atoms in total. The lowest BCUT2D eigenvalue weighted by molar-refractivity contribution is 0.0761. The first-order valence-electron chi connectivity index (χ1n) is 6.74. The van der Waals surface area contributed by atoms with Gasteiger partial charge in [-0.2, -0.15) is 0 Å². The fourth-order valence-electron chi connectivity index (χ4n) is 2.67. The number of hydrogen-bond acceptors (Lipinski definition) is 3. The molecule has 1 amide bonds. The molecule has 0 spiro atoms. The van der Waals surface area contributed by atoms with E-state index in [9.17, 15) is 9.18 Å². The quantitative estimate of drug-likeness (QED) is 0.913. The van der Waals surface area contributed by atoms with Crippen LogP contribution in [0, 0.1) is 11.7 Å².